The van der Waals surface area contributed by atoms with Crippen LogP contribution in [0, 0.1) is 0 Å². The number of rotatable bonds is 3. The fourth-order valence-corrected chi connectivity index (χ4v) is 3.36. The van der Waals surface area contributed by atoms with Crippen LogP contribution in [0.25, 0.3) is 0 Å². The molecule has 108 valence electrons. The molecule has 0 spiro atoms. The van der Waals surface area contributed by atoms with E-state index in [2.05, 4.69) is 0 Å². The van der Waals surface area contributed by atoms with E-state index in [1.807, 2.05) is 29.2 Å². The molecule has 0 aliphatic carbocycles. The zero-order valence-electron chi connectivity index (χ0n) is 11.3. The van der Waals surface area contributed by atoms with Gasteiger partial charge in [-0.2, -0.15) is 0 Å². The maximum atomic E-state index is 12.2. The molecule has 0 aromatic heterocycles. The summed E-state index contributed by atoms with van der Waals surface area (Å²) in [4.78, 5) is 14.1. The van der Waals surface area contributed by atoms with Crippen LogP contribution in [0.4, 0.5) is 0 Å². The molecule has 1 aromatic carbocycles. The SMILES string of the molecule is NC1CC(=O)N(CC2CCCO2)C1c1cccc(Cl)c1. The standard InChI is InChI=1S/C15H19ClN2O2/c16-11-4-1-3-10(7-11)15-13(17)8-14(19)18(15)9-12-5-2-6-20-12/h1,3-4,7,12-13,15H,2,5-6,8-9,17H2. The molecule has 2 fully saturated rings. The Kier molecular flexibility index (Phi) is 3.96. The van der Waals surface area contributed by atoms with Gasteiger partial charge in [0.2, 0.25) is 5.91 Å². The molecule has 2 heterocycles. The van der Waals surface area contributed by atoms with Crippen molar-refractivity contribution >= 4 is 17.5 Å². The summed E-state index contributed by atoms with van der Waals surface area (Å²) in [6, 6.07) is 7.34. The zero-order valence-corrected chi connectivity index (χ0v) is 12.1. The summed E-state index contributed by atoms with van der Waals surface area (Å²) in [5.41, 5.74) is 7.18. The fraction of sp³-hybridized carbons (Fsp3) is 0.533. The third-order valence-corrected chi connectivity index (χ3v) is 4.32. The monoisotopic (exact) mass is 294 g/mol. The van der Waals surface area contributed by atoms with E-state index in [1.165, 1.54) is 0 Å². The number of carbonyl (C=O) groups excluding carboxylic acids is 1. The molecule has 2 aliphatic rings. The van der Waals surface area contributed by atoms with Crippen molar-refractivity contribution in [3.63, 3.8) is 0 Å². The lowest BCUT2D eigenvalue weighted by molar-refractivity contribution is -0.130. The summed E-state index contributed by atoms with van der Waals surface area (Å²) in [6.45, 7) is 1.42. The van der Waals surface area contributed by atoms with Crippen LogP contribution in [-0.2, 0) is 9.53 Å². The Hall–Kier alpha value is -1.10. The van der Waals surface area contributed by atoms with E-state index >= 15 is 0 Å². The highest BCUT2D eigenvalue weighted by Gasteiger charge is 2.40. The van der Waals surface area contributed by atoms with Crippen molar-refractivity contribution in [1.82, 2.24) is 4.90 Å². The molecule has 2 saturated heterocycles. The number of benzene rings is 1. The van der Waals surface area contributed by atoms with Crippen LogP contribution in [0.1, 0.15) is 30.9 Å². The van der Waals surface area contributed by atoms with Gasteiger partial charge in [-0.15, -0.1) is 0 Å². The molecule has 20 heavy (non-hydrogen) atoms. The van der Waals surface area contributed by atoms with Gasteiger partial charge in [0.15, 0.2) is 0 Å². The highest BCUT2D eigenvalue weighted by atomic mass is 35.5. The number of hydrogen-bond donors (Lipinski definition) is 1. The van der Waals surface area contributed by atoms with Crippen LogP contribution in [0.3, 0.4) is 0 Å². The third kappa shape index (κ3) is 2.68. The third-order valence-electron chi connectivity index (χ3n) is 4.09. The second-order valence-corrected chi connectivity index (χ2v) is 5.99. The number of ether oxygens (including phenoxy) is 1. The molecule has 3 atom stereocenters. The number of halogens is 1. The first-order valence-electron chi connectivity index (χ1n) is 7.07. The van der Waals surface area contributed by atoms with Crippen molar-refractivity contribution in [3.8, 4) is 0 Å². The predicted molar refractivity (Wildman–Crippen MR) is 77.5 cm³/mol. The minimum atomic E-state index is -0.178. The lowest BCUT2D eigenvalue weighted by Crippen LogP contribution is -2.38. The van der Waals surface area contributed by atoms with Crippen LogP contribution in [-0.4, -0.2) is 36.1 Å². The van der Waals surface area contributed by atoms with Gasteiger partial charge in [-0.05, 0) is 30.5 Å². The van der Waals surface area contributed by atoms with E-state index in [0.717, 1.165) is 25.0 Å². The molecule has 2 N–H and O–H groups in total. The number of nitrogens with two attached hydrogens (primary N) is 1. The van der Waals surface area contributed by atoms with Crippen LogP contribution in [0.2, 0.25) is 5.02 Å². The number of nitrogens with zero attached hydrogens (tertiary/aromatic N) is 1. The molecule has 0 saturated carbocycles. The number of hydrogen-bond acceptors (Lipinski definition) is 3. The summed E-state index contributed by atoms with van der Waals surface area (Å²) in [6.07, 6.45) is 2.62. The average molecular weight is 295 g/mol. The van der Waals surface area contributed by atoms with E-state index in [1.54, 1.807) is 0 Å². The van der Waals surface area contributed by atoms with Gasteiger partial charge in [-0.3, -0.25) is 4.79 Å². The quantitative estimate of drug-likeness (QED) is 0.929. The molecule has 1 amide bonds. The number of likely N-dealkylation sites (tertiary alicyclic amines) is 1. The molecule has 3 unspecified atom stereocenters. The van der Waals surface area contributed by atoms with Crippen molar-refractivity contribution < 1.29 is 9.53 Å². The molecule has 5 heteroatoms. The summed E-state index contributed by atoms with van der Waals surface area (Å²) in [7, 11) is 0. The molecule has 4 nitrogen and oxygen atoms in total. The average Bonchev–Trinajstić information content (AvgIpc) is 2.99. The normalized spacial score (nSPS) is 30.2. The van der Waals surface area contributed by atoms with Gasteiger partial charge in [0, 0.05) is 30.6 Å². The predicted octanol–water partition coefficient (Wildman–Crippen LogP) is 2.12. The summed E-state index contributed by atoms with van der Waals surface area (Å²) in [5, 5.41) is 0.672. The van der Waals surface area contributed by atoms with E-state index in [4.69, 9.17) is 22.1 Å². The topological polar surface area (TPSA) is 55.6 Å². The van der Waals surface area contributed by atoms with Crippen molar-refractivity contribution in [3.05, 3.63) is 34.9 Å². The Morgan fingerprint density at radius 1 is 1.45 bits per heavy atom. The van der Waals surface area contributed by atoms with Gasteiger partial charge in [-0.25, -0.2) is 0 Å². The van der Waals surface area contributed by atoms with Crippen LogP contribution >= 0.6 is 11.6 Å². The minimum Gasteiger partial charge on any atom is -0.376 e. The molecule has 0 bridgehead atoms. The maximum absolute atomic E-state index is 12.2. The molecule has 1 aromatic rings. The number of carbonyl (C=O) groups is 1. The Labute approximate surface area is 123 Å². The van der Waals surface area contributed by atoms with E-state index in [-0.39, 0.29) is 24.1 Å². The largest absolute Gasteiger partial charge is 0.376 e. The van der Waals surface area contributed by atoms with Gasteiger partial charge in [0.05, 0.1) is 12.1 Å². The Balaban J connectivity index is 1.83. The lowest BCUT2D eigenvalue weighted by atomic mass is 10.0. The first kappa shape index (κ1) is 13.9. The van der Waals surface area contributed by atoms with E-state index in [9.17, 15) is 4.79 Å². The van der Waals surface area contributed by atoms with Crippen LogP contribution in [0.15, 0.2) is 24.3 Å². The van der Waals surface area contributed by atoms with Gasteiger partial charge < -0.3 is 15.4 Å². The minimum absolute atomic E-state index is 0.0922. The first-order chi connectivity index (χ1) is 9.65. The second kappa shape index (κ2) is 5.72. The highest BCUT2D eigenvalue weighted by molar-refractivity contribution is 6.30. The highest BCUT2D eigenvalue weighted by Crippen LogP contribution is 2.34. The Morgan fingerprint density at radius 3 is 3.00 bits per heavy atom. The molecule has 2 aliphatic heterocycles. The van der Waals surface area contributed by atoms with Crippen LogP contribution in [0.5, 0.6) is 0 Å². The molecular formula is C15H19ClN2O2. The zero-order chi connectivity index (χ0) is 14.1. The Morgan fingerprint density at radius 2 is 2.30 bits per heavy atom. The van der Waals surface area contributed by atoms with Crippen molar-refractivity contribution in [2.45, 2.75) is 37.5 Å². The smallest absolute Gasteiger partial charge is 0.224 e. The van der Waals surface area contributed by atoms with Crippen molar-refractivity contribution in [2.24, 2.45) is 5.73 Å². The summed E-state index contributed by atoms with van der Waals surface area (Å²) >= 11 is 6.06. The molecular weight excluding hydrogens is 276 g/mol. The van der Waals surface area contributed by atoms with Crippen LogP contribution < -0.4 is 5.73 Å². The first-order valence-corrected chi connectivity index (χ1v) is 7.45. The second-order valence-electron chi connectivity index (χ2n) is 5.55. The van der Waals surface area contributed by atoms with E-state index in [0.29, 0.717) is 18.0 Å². The van der Waals surface area contributed by atoms with Gasteiger partial charge in [-0.1, -0.05) is 23.7 Å². The van der Waals surface area contributed by atoms with Gasteiger partial charge in [0.1, 0.15) is 0 Å². The molecule has 3 rings (SSSR count). The maximum Gasteiger partial charge on any atom is 0.224 e. The lowest BCUT2D eigenvalue weighted by Gasteiger charge is -2.29. The summed E-state index contributed by atoms with van der Waals surface area (Å²) in [5.74, 6) is 0.109. The summed E-state index contributed by atoms with van der Waals surface area (Å²) < 4.78 is 5.65. The van der Waals surface area contributed by atoms with Gasteiger partial charge >= 0.3 is 0 Å². The van der Waals surface area contributed by atoms with Crippen molar-refractivity contribution in [1.29, 1.82) is 0 Å². The fourth-order valence-electron chi connectivity index (χ4n) is 3.16. The Bertz CT molecular complexity index is 502. The van der Waals surface area contributed by atoms with Crippen molar-refractivity contribution in [2.75, 3.05) is 13.2 Å². The van der Waals surface area contributed by atoms with Gasteiger partial charge in [0.25, 0.3) is 0 Å². The number of amides is 1. The molecule has 0 radical (unpaired) electrons. The van der Waals surface area contributed by atoms with E-state index < -0.39 is 0 Å².